The summed E-state index contributed by atoms with van der Waals surface area (Å²) in [6.07, 6.45) is 1.42. The van der Waals surface area contributed by atoms with E-state index in [9.17, 15) is 9.59 Å². The van der Waals surface area contributed by atoms with Crippen LogP contribution < -0.4 is 5.43 Å². The minimum atomic E-state index is -1.19. The van der Waals surface area contributed by atoms with Crippen LogP contribution in [0.4, 0.5) is 0 Å². The summed E-state index contributed by atoms with van der Waals surface area (Å²) >= 11 is 0. The molecule has 1 aromatic heterocycles. The monoisotopic (exact) mass is 257 g/mol. The summed E-state index contributed by atoms with van der Waals surface area (Å²) in [7, 11) is 0. The largest absolute Gasteiger partial charge is 0.477 e. The molecule has 0 saturated heterocycles. The third-order valence-corrected chi connectivity index (χ3v) is 3.13. The van der Waals surface area contributed by atoms with Crippen molar-refractivity contribution in [3.8, 4) is 11.3 Å². The zero-order valence-electron chi connectivity index (χ0n) is 10.9. The molecule has 0 unspecified atom stereocenters. The molecular formula is C15H15NO3. The third kappa shape index (κ3) is 2.29. The van der Waals surface area contributed by atoms with Crippen molar-refractivity contribution in [3.63, 3.8) is 0 Å². The smallest absolute Gasteiger partial charge is 0.341 e. The van der Waals surface area contributed by atoms with Gasteiger partial charge >= 0.3 is 5.97 Å². The minimum Gasteiger partial charge on any atom is -0.477 e. The van der Waals surface area contributed by atoms with Gasteiger partial charge in [-0.05, 0) is 19.4 Å². The molecule has 19 heavy (non-hydrogen) atoms. The molecule has 2 rings (SSSR count). The molecule has 98 valence electrons. The van der Waals surface area contributed by atoms with E-state index >= 15 is 0 Å². The first kappa shape index (κ1) is 13.1. The van der Waals surface area contributed by atoms with Gasteiger partial charge in [-0.15, -0.1) is 0 Å². The van der Waals surface area contributed by atoms with Gasteiger partial charge in [-0.2, -0.15) is 0 Å². The van der Waals surface area contributed by atoms with E-state index in [-0.39, 0.29) is 5.56 Å². The summed E-state index contributed by atoms with van der Waals surface area (Å²) in [4.78, 5) is 23.2. The highest BCUT2D eigenvalue weighted by Gasteiger charge is 2.17. The number of benzene rings is 1. The number of pyridine rings is 1. The lowest BCUT2D eigenvalue weighted by molar-refractivity contribution is 0.0694. The SMILES string of the molecule is CCn1cc(C(=O)O)c(=O)c(C)c1-c1ccccc1. The van der Waals surface area contributed by atoms with Gasteiger partial charge in [0.15, 0.2) is 5.43 Å². The van der Waals surface area contributed by atoms with Gasteiger partial charge < -0.3 is 9.67 Å². The van der Waals surface area contributed by atoms with Gasteiger partial charge in [0, 0.05) is 18.3 Å². The Kier molecular flexibility index (Phi) is 3.51. The van der Waals surface area contributed by atoms with E-state index in [1.165, 1.54) is 6.20 Å². The highest BCUT2D eigenvalue weighted by atomic mass is 16.4. The lowest BCUT2D eigenvalue weighted by Gasteiger charge is -2.15. The van der Waals surface area contributed by atoms with E-state index in [1.54, 1.807) is 11.5 Å². The Morgan fingerprint density at radius 1 is 1.26 bits per heavy atom. The average Bonchev–Trinajstić information content (AvgIpc) is 2.42. The molecule has 1 N–H and O–H groups in total. The van der Waals surface area contributed by atoms with Crippen LogP contribution in [-0.4, -0.2) is 15.6 Å². The predicted octanol–water partition coefficient (Wildman–Crippen LogP) is 2.54. The van der Waals surface area contributed by atoms with Gasteiger partial charge in [0.1, 0.15) is 5.56 Å². The van der Waals surface area contributed by atoms with Gasteiger partial charge in [-0.25, -0.2) is 4.79 Å². The summed E-state index contributed by atoms with van der Waals surface area (Å²) in [6.45, 7) is 4.19. The van der Waals surface area contributed by atoms with Crippen molar-refractivity contribution in [1.82, 2.24) is 4.57 Å². The van der Waals surface area contributed by atoms with Gasteiger partial charge in [-0.1, -0.05) is 30.3 Å². The maximum absolute atomic E-state index is 12.1. The fraction of sp³-hybridized carbons (Fsp3) is 0.200. The highest BCUT2D eigenvalue weighted by Crippen LogP contribution is 2.21. The number of carboxylic acids is 1. The molecule has 0 saturated carbocycles. The molecule has 0 aliphatic heterocycles. The molecule has 0 aliphatic rings. The van der Waals surface area contributed by atoms with Crippen LogP contribution in [0.15, 0.2) is 41.3 Å². The fourth-order valence-corrected chi connectivity index (χ4v) is 2.18. The van der Waals surface area contributed by atoms with Crippen LogP contribution in [0.1, 0.15) is 22.8 Å². The number of carboxylic acid groups (broad SMARTS) is 1. The van der Waals surface area contributed by atoms with Crippen LogP contribution >= 0.6 is 0 Å². The third-order valence-electron chi connectivity index (χ3n) is 3.13. The van der Waals surface area contributed by atoms with E-state index in [1.807, 2.05) is 37.3 Å². The Morgan fingerprint density at radius 2 is 1.89 bits per heavy atom. The molecule has 1 aromatic carbocycles. The highest BCUT2D eigenvalue weighted by molar-refractivity contribution is 5.88. The van der Waals surface area contributed by atoms with E-state index < -0.39 is 11.4 Å². The molecule has 0 spiro atoms. The van der Waals surface area contributed by atoms with Crippen molar-refractivity contribution < 1.29 is 9.90 Å². The summed E-state index contributed by atoms with van der Waals surface area (Å²) in [5.74, 6) is -1.19. The molecule has 0 bridgehead atoms. The van der Waals surface area contributed by atoms with Gasteiger partial charge in [0.25, 0.3) is 0 Å². The van der Waals surface area contributed by atoms with Crippen LogP contribution in [0.25, 0.3) is 11.3 Å². The Bertz CT molecular complexity index is 672. The number of nitrogens with zero attached hydrogens (tertiary/aromatic N) is 1. The Hall–Kier alpha value is -2.36. The van der Waals surface area contributed by atoms with Crippen LogP contribution in [0.3, 0.4) is 0 Å². The first-order chi connectivity index (χ1) is 9.06. The van der Waals surface area contributed by atoms with Crippen molar-refractivity contribution >= 4 is 5.97 Å². The second kappa shape index (κ2) is 5.10. The lowest BCUT2D eigenvalue weighted by atomic mass is 10.0. The van der Waals surface area contributed by atoms with Crippen molar-refractivity contribution in [2.24, 2.45) is 0 Å². The van der Waals surface area contributed by atoms with Crippen molar-refractivity contribution in [3.05, 3.63) is 57.9 Å². The van der Waals surface area contributed by atoms with Gasteiger partial charge in [0.05, 0.1) is 5.69 Å². The number of aromatic carboxylic acids is 1. The summed E-state index contributed by atoms with van der Waals surface area (Å²) < 4.78 is 1.80. The standard InChI is InChI=1S/C15H15NO3/c1-3-16-9-12(15(18)19)14(17)10(2)13(16)11-7-5-4-6-8-11/h4-9H,3H2,1-2H3,(H,18,19). The van der Waals surface area contributed by atoms with E-state index in [0.717, 1.165) is 11.3 Å². The zero-order valence-corrected chi connectivity index (χ0v) is 10.9. The second-order valence-electron chi connectivity index (χ2n) is 4.30. The molecule has 0 radical (unpaired) electrons. The quantitative estimate of drug-likeness (QED) is 0.919. The number of rotatable bonds is 3. The molecule has 0 atom stereocenters. The van der Waals surface area contributed by atoms with Crippen molar-refractivity contribution in [2.45, 2.75) is 20.4 Å². The van der Waals surface area contributed by atoms with Crippen LogP contribution in [-0.2, 0) is 6.54 Å². The molecule has 0 amide bonds. The molecule has 1 heterocycles. The Balaban J connectivity index is 2.79. The molecule has 4 nitrogen and oxygen atoms in total. The molecule has 0 aliphatic carbocycles. The van der Waals surface area contributed by atoms with Crippen LogP contribution in [0.2, 0.25) is 0 Å². The summed E-state index contributed by atoms with van der Waals surface area (Å²) in [5, 5.41) is 9.06. The van der Waals surface area contributed by atoms with E-state index in [2.05, 4.69) is 0 Å². The van der Waals surface area contributed by atoms with Gasteiger partial charge in [0.2, 0.25) is 0 Å². The van der Waals surface area contributed by atoms with Gasteiger partial charge in [-0.3, -0.25) is 4.79 Å². The minimum absolute atomic E-state index is 0.181. The van der Waals surface area contributed by atoms with Crippen LogP contribution in [0, 0.1) is 6.92 Å². The van der Waals surface area contributed by atoms with E-state index in [4.69, 9.17) is 5.11 Å². The average molecular weight is 257 g/mol. The molecule has 0 fully saturated rings. The lowest BCUT2D eigenvalue weighted by Crippen LogP contribution is -2.22. The number of aromatic nitrogens is 1. The Morgan fingerprint density at radius 3 is 2.42 bits per heavy atom. The summed E-state index contributed by atoms with van der Waals surface area (Å²) in [6, 6.07) is 9.51. The second-order valence-corrected chi connectivity index (χ2v) is 4.30. The Labute approximate surface area is 110 Å². The number of hydrogen-bond donors (Lipinski definition) is 1. The first-order valence-electron chi connectivity index (χ1n) is 6.09. The predicted molar refractivity (Wildman–Crippen MR) is 73.5 cm³/mol. The molecule has 2 aromatic rings. The number of aryl methyl sites for hydroxylation is 1. The maximum Gasteiger partial charge on any atom is 0.341 e. The van der Waals surface area contributed by atoms with E-state index in [0.29, 0.717) is 12.1 Å². The van der Waals surface area contributed by atoms with Crippen LogP contribution in [0.5, 0.6) is 0 Å². The van der Waals surface area contributed by atoms with Crippen molar-refractivity contribution in [1.29, 1.82) is 0 Å². The molecule has 4 heteroatoms. The number of hydrogen-bond acceptors (Lipinski definition) is 2. The number of carbonyl (C=O) groups is 1. The summed E-state index contributed by atoms with van der Waals surface area (Å²) in [5.41, 5.74) is 1.55. The van der Waals surface area contributed by atoms with Crippen molar-refractivity contribution in [2.75, 3.05) is 0 Å². The molecular weight excluding hydrogens is 242 g/mol. The maximum atomic E-state index is 12.1. The first-order valence-corrected chi connectivity index (χ1v) is 6.09. The normalized spacial score (nSPS) is 10.4. The zero-order chi connectivity index (χ0) is 14.0. The fourth-order valence-electron chi connectivity index (χ4n) is 2.18. The topological polar surface area (TPSA) is 59.3 Å².